The van der Waals surface area contributed by atoms with Crippen molar-refractivity contribution in [1.82, 2.24) is 25.0 Å². The molecule has 0 aliphatic heterocycles. The van der Waals surface area contributed by atoms with Gasteiger partial charge in [0.25, 0.3) is 5.56 Å². The molecule has 9 heteroatoms. The molecule has 0 saturated carbocycles. The first-order valence-electron chi connectivity index (χ1n) is 7.37. The lowest BCUT2D eigenvalue weighted by atomic mass is 10.3. The normalized spacial score (nSPS) is 12.0. The number of hydrogen-bond donors (Lipinski definition) is 3. The van der Waals surface area contributed by atoms with Crippen molar-refractivity contribution < 1.29 is 4.79 Å². The fraction of sp³-hybridized carbons (Fsp3) is 0.200. The van der Waals surface area contributed by atoms with Gasteiger partial charge < -0.3 is 5.32 Å². The highest BCUT2D eigenvalue weighted by atomic mass is 32.2. The number of nitrogens with one attached hydrogen (secondary N) is 3. The number of para-hydroxylation sites is 1. The fourth-order valence-corrected chi connectivity index (χ4v) is 2.97. The molecule has 0 aliphatic rings. The van der Waals surface area contributed by atoms with Crippen LogP contribution in [0.3, 0.4) is 0 Å². The number of aromatic amines is 2. The third kappa shape index (κ3) is 3.57. The monoisotopic (exact) mass is 344 g/mol. The average Bonchev–Trinajstić information content (AvgIpc) is 3.23. The van der Waals surface area contributed by atoms with E-state index >= 15 is 0 Å². The number of aromatic nitrogens is 5. The van der Waals surface area contributed by atoms with Crippen molar-refractivity contribution in [2.45, 2.75) is 23.8 Å². The predicted octanol–water partition coefficient (Wildman–Crippen LogP) is 1.79. The summed E-state index contributed by atoms with van der Waals surface area (Å²) < 4.78 is 1.38. The van der Waals surface area contributed by atoms with E-state index in [2.05, 4.69) is 25.6 Å². The number of carbonyl (C=O) groups is 1. The van der Waals surface area contributed by atoms with Crippen LogP contribution in [0.2, 0.25) is 0 Å². The minimum absolute atomic E-state index is 0.208. The van der Waals surface area contributed by atoms with Crippen LogP contribution in [-0.2, 0) is 4.79 Å². The molecule has 0 fully saturated rings. The summed E-state index contributed by atoms with van der Waals surface area (Å²) in [5.41, 5.74) is 0.457. The Morgan fingerprint density at radius 1 is 1.38 bits per heavy atom. The lowest BCUT2D eigenvalue weighted by molar-refractivity contribution is -0.115. The maximum Gasteiger partial charge on any atom is 0.273 e. The molecule has 1 unspecified atom stereocenters. The Balaban J connectivity index is 1.73. The van der Waals surface area contributed by atoms with Gasteiger partial charge in [-0.05, 0) is 18.6 Å². The maximum absolute atomic E-state index is 12.4. The number of amides is 1. The standard InChI is InChI=1S/C15H16N6O2S/c1-2-11(24-15-16-9-17-19-15)14(23)18-12-8-13(22)21(20-12)10-6-4-3-5-7-10/h3-9,11,20H,2H2,1H3,(H,18,23)(H,16,17,19). The number of rotatable bonds is 6. The smallest absolute Gasteiger partial charge is 0.273 e. The van der Waals surface area contributed by atoms with Crippen molar-refractivity contribution >= 4 is 23.5 Å². The van der Waals surface area contributed by atoms with Gasteiger partial charge in [0.15, 0.2) is 5.16 Å². The van der Waals surface area contributed by atoms with Crippen LogP contribution >= 0.6 is 11.8 Å². The van der Waals surface area contributed by atoms with Crippen LogP contribution in [0, 0.1) is 0 Å². The maximum atomic E-state index is 12.4. The number of carbonyl (C=O) groups excluding carboxylic acids is 1. The zero-order chi connectivity index (χ0) is 16.9. The van der Waals surface area contributed by atoms with Gasteiger partial charge in [0, 0.05) is 6.07 Å². The molecule has 1 amide bonds. The zero-order valence-corrected chi connectivity index (χ0v) is 13.7. The van der Waals surface area contributed by atoms with Crippen LogP contribution < -0.4 is 10.9 Å². The van der Waals surface area contributed by atoms with Gasteiger partial charge in [0.1, 0.15) is 12.1 Å². The Hall–Kier alpha value is -2.81. The molecule has 1 aromatic carbocycles. The van der Waals surface area contributed by atoms with Crippen molar-refractivity contribution in [3.8, 4) is 5.69 Å². The topological polar surface area (TPSA) is 108 Å². The molecule has 0 spiro atoms. The molecule has 0 bridgehead atoms. The van der Waals surface area contributed by atoms with Gasteiger partial charge in [-0.25, -0.2) is 9.67 Å². The second-order valence-corrected chi connectivity index (χ2v) is 6.17. The van der Waals surface area contributed by atoms with Gasteiger partial charge in [-0.2, -0.15) is 5.10 Å². The molecule has 2 heterocycles. The molecule has 0 radical (unpaired) electrons. The number of benzene rings is 1. The summed E-state index contributed by atoms with van der Waals surface area (Å²) >= 11 is 1.29. The van der Waals surface area contributed by atoms with Crippen LogP contribution in [0.4, 0.5) is 5.82 Å². The highest BCUT2D eigenvalue weighted by Gasteiger charge is 2.20. The van der Waals surface area contributed by atoms with Gasteiger partial charge in [-0.3, -0.25) is 19.8 Å². The van der Waals surface area contributed by atoms with E-state index in [0.29, 0.717) is 23.1 Å². The van der Waals surface area contributed by atoms with Crippen LogP contribution in [-0.4, -0.2) is 36.1 Å². The summed E-state index contributed by atoms with van der Waals surface area (Å²) in [5, 5.41) is 12.3. The minimum Gasteiger partial charge on any atom is -0.310 e. The lowest BCUT2D eigenvalue weighted by Gasteiger charge is -2.12. The van der Waals surface area contributed by atoms with E-state index in [9.17, 15) is 9.59 Å². The van der Waals surface area contributed by atoms with E-state index in [0.717, 1.165) is 0 Å². The molecule has 1 atom stereocenters. The largest absolute Gasteiger partial charge is 0.310 e. The third-order valence-corrected chi connectivity index (χ3v) is 4.55. The molecular formula is C15H16N6O2S. The second kappa shape index (κ2) is 7.18. The summed E-state index contributed by atoms with van der Waals surface area (Å²) in [5.74, 6) is 0.144. The van der Waals surface area contributed by atoms with Gasteiger partial charge in [0.05, 0.1) is 10.9 Å². The first kappa shape index (κ1) is 16.1. The first-order valence-corrected chi connectivity index (χ1v) is 8.25. The highest BCUT2D eigenvalue weighted by Crippen LogP contribution is 2.22. The number of thioether (sulfide) groups is 1. The average molecular weight is 344 g/mol. The van der Waals surface area contributed by atoms with Crippen molar-refractivity contribution in [3.05, 3.63) is 53.1 Å². The Labute approximate surface area is 141 Å². The van der Waals surface area contributed by atoms with E-state index in [1.54, 1.807) is 12.1 Å². The number of nitrogens with zero attached hydrogens (tertiary/aromatic N) is 3. The molecule has 24 heavy (non-hydrogen) atoms. The van der Waals surface area contributed by atoms with E-state index in [-0.39, 0.29) is 16.7 Å². The fourth-order valence-electron chi connectivity index (χ4n) is 2.15. The predicted molar refractivity (Wildman–Crippen MR) is 91.3 cm³/mol. The van der Waals surface area contributed by atoms with E-state index in [1.807, 2.05) is 25.1 Å². The molecule has 0 saturated heterocycles. The lowest BCUT2D eigenvalue weighted by Crippen LogP contribution is -2.25. The SMILES string of the molecule is CCC(Sc1ncn[nH]1)C(=O)Nc1cc(=O)n(-c2ccccc2)[nH]1. The molecule has 124 valence electrons. The summed E-state index contributed by atoms with van der Waals surface area (Å²) in [6.45, 7) is 1.91. The minimum atomic E-state index is -0.346. The van der Waals surface area contributed by atoms with E-state index < -0.39 is 0 Å². The Kier molecular flexibility index (Phi) is 4.80. The van der Waals surface area contributed by atoms with Crippen molar-refractivity contribution in [3.63, 3.8) is 0 Å². The Bertz CT molecular complexity index is 856. The van der Waals surface area contributed by atoms with Crippen molar-refractivity contribution in [2.24, 2.45) is 0 Å². The van der Waals surface area contributed by atoms with Gasteiger partial charge in [0.2, 0.25) is 5.91 Å². The first-order chi connectivity index (χ1) is 11.7. The number of hydrogen-bond acceptors (Lipinski definition) is 5. The van der Waals surface area contributed by atoms with Crippen LogP contribution in [0.15, 0.2) is 52.7 Å². The van der Waals surface area contributed by atoms with Crippen LogP contribution in [0.25, 0.3) is 5.69 Å². The molecule has 8 nitrogen and oxygen atoms in total. The summed E-state index contributed by atoms with van der Waals surface area (Å²) in [7, 11) is 0. The highest BCUT2D eigenvalue weighted by molar-refractivity contribution is 8.00. The number of H-pyrrole nitrogens is 2. The molecule has 3 rings (SSSR count). The van der Waals surface area contributed by atoms with Crippen LogP contribution in [0.5, 0.6) is 0 Å². The molecule has 3 N–H and O–H groups in total. The van der Waals surface area contributed by atoms with Gasteiger partial charge >= 0.3 is 0 Å². The van der Waals surface area contributed by atoms with Crippen LogP contribution in [0.1, 0.15) is 13.3 Å². The van der Waals surface area contributed by atoms with Crippen molar-refractivity contribution in [2.75, 3.05) is 5.32 Å². The zero-order valence-electron chi connectivity index (χ0n) is 12.9. The second-order valence-electron chi connectivity index (χ2n) is 4.97. The Morgan fingerprint density at radius 2 is 2.17 bits per heavy atom. The number of anilines is 1. The third-order valence-electron chi connectivity index (χ3n) is 3.30. The summed E-state index contributed by atoms with van der Waals surface area (Å²) in [6, 6.07) is 10.5. The Morgan fingerprint density at radius 3 is 2.83 bits per heavy atom. The summed E-state index contributed by atoms with van der Waals surface area (Å²) in [6.07, 6.45) is 2.01. The van der Waals surface area contributed by atoms with Gasteiger partial charge in [-0.1, -0.05) is 36.9 Å². The van der Waals surface area contributed by atoms with E-state index in [4.69, 9.17) is 0 Å². The summed E-state index contributed by atoms with van der Waals surface area (Å²) in [4.78, 5) is 28.5. The molecule has 2 aromatic heterocycles. The quantitative estimate of drug-likeness (QED) is 0.591. The molecular weight excluding hydrogens is 328 g/mol. The van der Waals surface area contributed by atoms with Crippen molar-refractivity contribution in [1.29, 1.82) is 0 Å². The molecule has 0 aliphatic carbocycles. The molecule has 3 aromatic rings. The van der Waals surface area contributed by atoms with Gasteiger partial charge in [-0.15, -0.1) is 0 Å². The van der Waals surface area contributed by atoms with E-state index in [1.165, 1.54) is 28.8 Å².